The number of hydrogen-bond acceptors (Lipinski definition) is 4. The van der Waals surface area contributed by atoms with Gasteiger partial charge in [-0.3, -0.25) is 14.3 Å². The van der Waals surface area contributed by atoms with Crippen LogP contribution in [-0.4, -0.2) is 51.8 Å². The molecule has 1 heterocycles. The lowest BCUT2D eigenvalue weighted by Crippen LogP contribution is -2.30. The zero-order valence-electron chi connectivity index (χ0n) is 9.88. The molecule has 1 aromatic heterocycles. The van der Waals surface area contributed by atoms with E-state index in [0.29, 0.717) is 13.0 Å². The molecule has 0 aliphatic heterocycles. The van der Waals surface area contributed by atoms with Crippen LogP contribution in [0.15, 0.2) is 6.20 Å². The third kappa shape index (κ3) is 3.04. The summed E-state index contributed by atoms with van der Waals surface area (Å²) in [6.07, 6.45) is 1.89. The molecule has 0 aliphatic rings. The smallest absolute Gasteiger partial charge is 0.274 e. The minimum absolute atomic E-state index is 0.00249. The van der Waals surface area contributed by atoms with Crippen LogP contribution in [0.1, 0.15) is 27.3 Å². The van der Waals surface area contributed by atoms with E-state index in [1.807, 2.05) is 0 Å². The summed E-state index contributed by atoms with van der Waals surface area (Å²) < 4.78 is 1.37. The molecule has 0 aromatic carbocycles. The number of aromatic nitrogens is 2. The summed E-state index contributed by atoms with van der Waals surface area (Å²) in [6, 6.07) is 0. The average molecular weight is 240 g/mol. The maximum absolute atomic E-state index is 11.9. The molecule has 0 unspecified atom stereocenters. The molecule has 0 radical (unpaired) electrons. The zero-order chi connectivity index (χ0) is 13.0. The summed E-state index contributed by atoms with van der Waals surface area (Å²) in [5.41, 5.74) is 5.31. The fourth-order valence-electron chi connectivity index (χ4n) is 1.42. The van der Waals surface area contributed by atoms with Crippen molar-refractivity contribution in [1.82, 2.24) is 14.7 Å². The van der Waals surface area contributed by atoms with E-state index in [-0.39, 0.29) is 23.8 Å². The minimum atomic E-state index is -0.683. The molecule has 0 saturated carbocycles. The van der Waals surface area contributed by atoms with Crippen LogP contribution < -0.4 is 5.73 Å². The van der Waals surface area contributed by atoms with Crippen LogP contribution in [0.4, 0.5) is 0 Å². The molecule has 1 aromatic rings. The second-order valence-electron chi connectivity index (χ2n) is 3.73. The molecular formula is C10H16N4O3. The average Bonchev–Trinajstić information content (AvgIpc) is 2.67. The Balaban J connectivity index is 2.91. The number of hydrogen-bond donors (Lipinski definition) is 2. The lowest BCUT2D eigenvalue weighted by Gasteiger charge is -2.15. The summed E-state index contributed by atoms with van der Waals surface area (Å²) in [5, 5.41) is 12.6. The van der Waals surface area contributed by atoms with Gasteiger partial charge in [0.05, 0.1) is 5.56 Å². The van der Waals surface area contributed by atoms with Crippen LogP contribution in [-0.2, 0) is 7.05 Å². The molecule has 0 bridgehead atoms. The van der Waals surface area contributed by atoms with Crippen molar-refractivity contribution in [2.75, 3.05) is 20.2 Å². The normalized spacial score (nSPS) is 10.3. The first-order chi connectivity index (χ1) is 7.97. The van der Waals surface area contributed by atoms with Crippen molar-refractivity contribution in [3.8, 4) is 0 Å². The Morgan fingerprint density at radius 1 is 1.59 bits per heavy atom. The highest BCUT2D eigenvalue weighted by molar-refractivity contribution is 6.05. The molecule has 0 spiro atoms. The summed E-state index contributed by atoms with van der Waals surface area (Å²) >= 11 is 0. The quantitative estimate of drug-likeness (QED) is 0.687. The Morgan fingerprint density at radius 2 is 2.24 bits per heavy atom. The number of carbonyl (C=O) groups is 2. The van der Waals surface area contributed by atoms with E-state index in [2.05, 4.69) is 5.10 Å². The van der Waals surface area contributed by atoms with Gasteiger partial charge in [-0.15, -0.1) is 0 Å². The molecule has 1 rings (SSSR count). The van der Waals surface area contributed by atoms with Gasteiger partial charge in [-0.25, -0.2) is 0 Å². The number of amides is 2. The van der Waals surface area contributed by atoms with E-state index in [1.54, 1.807) is 14.1 Å². The number of primary amides is 1. The van der Waals surface area contributed by atoms with Gasteiger partial charge >= 0.3 is 0 Å². The zero-order valence-corrected chi connectivity index (χ0v) is 9.88. The Labute approximate surface area is 98.8 Å². The predicted molar refractivity (Wildman–Crippen MR) is 60.4 cm³/mol. The molecule has 3 N–H and O–H groups in total. The number of carbonyl (C=O) groups excluding carboxylic acids is 2. The van der Waals surface area contributed by atoms with E-state index in [0.717, 1.165) is 0 Å². The third-order valence-electron chi connectivity index (χ3n) is 2.30. The van der Waals surface area contributed by atoms with Gasteiger partial charge < -0.3 is 15.7 Å². The molecule has 7 heteroatoms. The van der Waals surface area contributed by atoms with Crippen molar-refractivity contribution in [3.63, 3.8) is 0 Å². The number of aliphatic hydroxyl groups is 1. The lowest BCUT2D eigenvalue weighted by atomic mass is 10.2. The fraction of sp³-hybridized carbons (Fsp3) is 0.500. The van der Waals surface area contributed by atoms with E-state index in [1.165, 1.54) is 15.8 Å². The van der Waals surface area contributed by atoms with Gasteiger partial charge in [0.2, 0.25) is 0 Å². The van der Waals surface area contributed by atoms with E-state index >= 15 is 0 Å². The van der Waals surface area contributed by atoms with Gasteiger partial charge in [0.15, 0.2) is 5.69 Å². The lowest BCUT2D eigenvalue weighted by molar-refractivity contribution is 0.0774. The largest absolute Gasteiger partial charge is 0.396 e. The van der Waals surface area contributed by atoms with Crippen molar-refractivity contribution >= 4 is 11.8 Å². The number of nitrogens with zero attached hydrogens (tertiary/aromatic N) is 3. The monoisotopic (exact) mass is 240 g/mol. The van der Waals surface area contributed by atoms with Crippen molar-refractivity contribution in [1.29, 1.82) is 0 Å². The molecule has 7 nitrogen and oxygen atoms in total. The maximum Gasteiger partial charge on any atom is 0.274 e. The molecule has 94 valence electrons. The number of aliphatic hydroxyl groups excluding tert-OH is 1. The highest BCUT2D eigenvalue weighted by atomic mass is 16.3. The number of rotatable bonds is 5. The SMILES string of the molecule is CN(CCCO)C(=O)c1nn(C)cc1C(N)=O. The molecular weight excluding hydrogens is 224 g/mol. The van der Waals surface area contributed by atoms with Gasteiger partial charge in [-0.1, -0.05) is 0 Å². The molecule has 0 atom stereocenters. The highest BCUT2D eigenvalue weighted by Crippen LogP contribution is 2.08. The van der Waals surface area contributed by atoms with Crippen LogP contribution in [0, 0.1) is 0 Å². The second kappa shape index (κ2) is 5.44. The summed E-state index contributed by atoms with van der Waals surface area (Å²) in [7, 11) is 3.19. The van der Waals surface area contributed by atoms with Gasteiger partial charge in [0.1, 0.15) is 0 Å². The first-order valence-electron chi connectivity index (χ1n) is 5.17. The number of nitrogens with two attached hydrogens (primary N) is 1. The van der Waals surface area contributed by atoms with Crippen LogP contribution in [0.25, 0.3) is 0 Å². The van der Waals surface area contributed by atoms with Gasteiger partial charge in [0.25, 0.3) is 11.8 Å². The first-order valence-corrected chi connectivity index (χ1v) is 5.17. The maximum atomic E-state index is 11.9. The van der Waals surface area contributed by atoms with Crippen molar-refractivity contribution < 1.29 is 14.7 Å². The topological polar surface area (TPSA) is 101 Å². The Hall–Kier alpha value is -1.89. The minimum Gasteiger partial charge on any atom is -0.396 e. The third-order valence-corrected chi connectivity index (χ3v) is 2.30. The van der Waals surface area contributed by atoms with Gasteiger partial charge in [-0.05, 0) is 6.42 Å². The van der Waals surface area contributed by atoms with E-state index in [4.69, 9.17) is 10.8 Å². The first kappa shape index (κ1) is 13.2. The molecule has 2 amide bonds. The van der Waals surface area contributed by atoms with Crippen molar-refractivity contribution in [3.05, 3.63) is 17.5 Å². The Morgan fingerprint density at radius 3 is 2.76 bits per heavy atom. The summed E-state index contributed by atoms with van der Waals surface area (Å²) in [6.45, 7) is 0.395. The predicted octanol–water partition coefficient (Wildman–Crippen LogP) is -1.03. The van der Waals surface area contributed by atoms with E-state index < -0.39 is 5.91 Å². The second-order valence-corrected chi connectivity index (χ2v) is 3.73. The molecule has 0 saturated heterocycles. The Bertz CT molecular complexity index is 427. The van der Waals surface area contributed by atoms with E-state index in [9.17, 15) is 9.59 Å². The van der Waals surface area contributed by atoms with Crippen LogP contribution in [0.5, 0.6) is 0 Å². The highest BCUT2D eigenvalue weighted by Gasteiger charge is 2.22. The van der Waals surface area contributed by atoms with Crippen molar-refractivity contribution in [2.45, 2.75) is 6.42 Å². The fourth-order valence-corrected chi connectivity index (χ4v) is 1.42. The standard InChI is InChI=1S/C10H16N4O3/c1-13(4-3-5-15)10(17)8-7(9(11)16)6-14(2)12-8/h6,15H,3-5H2,1-2H3,(H2,11,16). The summed E-state index contributed by atoms with van der Waals surface area (Å²) in [4.78, 5) is 24.5. The molecule has 17 heavy (non-hydrogen) atoms. The summed E-state index contributed by atoms with van der Waals surface area (Å²) in [5.74, 6) is -1.06. The molecule has 0 fully saturated rings. The van der Waals surface area contributed by atoms with Crippen LogP contribution in [0.2, 0.25) is 0 Å². The molecule has 0 aliphatic carbocycles. The van der Waals surface area contributed by atoms with Crippen LogP contribution >= 0.6 is 0 Å². The van der Waals surface area contributed by atoms with Gasteiger partial charge in [0, 0.05) is 33.4 Å². The Kier molecular flexibility index (Phi) is 4.22. The van der Waals surface area contributed by atoms with Crippen molar-refractivity contribution in [2.24, 2.45) is 12.8 Å². The van der Waals surface area contributed by atoms with Crippen LogP contribution in [0.3, 0.4) is 0 Å². The van der Waals surface area contributed by atoms with Gasteiger partial charge in [-0.2, -0.15) is 5.10 Å². The number of aryl methyl sites for hydroxylation is 1.